The summed E-state index contributed by atoms with van der Waals surface area (Å²) in [5, 5.41) is 1.41. The van der Waals surface area contributed by atoms with E-state index in [1.807, 2.05) is 0 Å². The van der Waals surface area contributed by atoms with Crippen molar-refractivity contribution in [2.45, 2.75) is 13.8 Å². The lowest BCUT2D eigenvalue weighted by molar-refractivity contribution is -0.139. The summed E-state index contributed by atoms with van der Waals surface area (Å²) in [6.45, 7) is 3.18. The van der Waals surface area contributed by atoms with E-state index >= 15 is 0 Å². The van der Waals surface area contributed by atoms with Gasteiger partial charge in [-0.05, 0) is 31.1 Å². The molecule has 1 aromatic carbocycles. The lowest BCUT2D eigenvalue weighted by Gasteiger charge is -2.05. The van der Waals surface area contributed by atoms with Crippen molar-refractivity contribution in [3.63, 3.8) is 0 Å². The van der Waals surface area contributed by atoms with Crippen molar-refractivity contribution in [3.8, 4) is 0 Å². The number of ketones is 1. The lowest BCUT2D eigenvalue weighted by Crippen LogP contribution is -2.13. The topological polar surface area (TPSA) is 60.4 Å². The van der Waals surface area contributed by atoms with Crippen molar-refractivity contribution < 1.29 is 18.5 Å². The molecule has 4 nitrogen and oxygen atoms in total. The summed E-state index contributed by atoms with van der Waals surface area (Å²) in [5.74, 6) is -1.03. The molecule has 0 aliphatic carbocycles. The Hall–Kier alpha value is -2.01. The third-order valence-corrected chi connectivity index (χ3v) is 2.70. The molecule has 19 heavy (non-hydrogen) atoms. The van der Waals surface area contributed by atoms with Gasteiger partial charge in [0.05, 0.1) is 17.9 Å². The second kappa shape index (κ2) is 7.43. The van der Waals surface area contributed by atoms with E-state index in [1.165, 1.54) is 18.4 Å². The predicted octanol–water partition coefficient (Wildman–Crippen LogP) is 1.59. The summed E-state index contributed by atoms with van der Waals surface area (Å²) in [6.07, 6.45) is 1.45. The molecule has 0 unspecified atom stereocenters. The highest BCUT2D eigenvalue weighted by Gasteiger charge is 2.15. The molecule has 5 heteroatoms. The van der Waals surface area contributed by atoms with Gasteiger partial charge in [0.25, 0.3) is 0 Å². The molecule has 0 saturated carbocycles. The van der Waals surface area contributed by atoms with Crippen LogP contribution in [0.1, 0.15) is 25.0 Å². The fourth-order valence-corrected chi connectivity index (χ4v) is 1.79. The number of ether oxygens (including phenoxy) is 1. The molecule has 0 spiro atoms. The van der Waals surface area contributed by atoms with Crippen LogP contribution in [0.2, 0.25) is 0 Å². The van der Waals surface area contributed by atoms with E-state index in [1.54, 1.807) is 31.2 Å². The first-order valence-corrected chi connectivity index (χ1v) is 6.51. The van der Waals surface area contributed by atoms with Gasteiger partial charge in [-0.25, -0.2) is 9.00 Å². The molecule has 0 N–H and O–H groups in total. The van der Waals surface area contributed by atoms with E-state index in [4.69, 9.17) is 4.74 Å². The van der Waals surface area contributed by atoms with Gasteiger partial charge in [0.15, 0.2) is 5.78 Å². The second-order valence-corrected chi connectivity index (χ2v) is 4.11. The fraction of sp³-hybridized carbons (Fsp3) is 0.214. The molecule has 0 aliphatic rings. The normalized spacial score (nSPS) is 10.7. The maximum absolute atomic E-state index is 11.7. The van der Waals surface area contributed by atoms with E-state index in [2.05, 4.69) is 0 Å². The van der Waals surface area contributed by atoms with Crippen LogP contribution in [-0.2, 0) is 25.6 Å². The molecule has 0 heterocycles. The Kier molecular flexibility index (Phi) is 5.89. The number of hydrogen-bond donors (Lipinski definition) is 0. The molecule has 0 aliphatic heterocycles. The average molecular weight is 278 g/mol. The summed E-state index contributed by atoms with van der Waals surface area (Å²) in [6, 6.07) is 7.00. The van der Waals surface area contributed by atoms with Crippen LogP contribution >= 0.6 is 0 Å². The summed E-state index contributed by atoms with van der Waals surface area (Å²) in [4.78, 5) is 23.2. The Morgan fingerprint density at radius 2 is 1.89 bits per heavy atom. The number of carbonyl (C=O) groups excluding carboxylic acids is 2. The predicted molar refractivity (Wildman–Crippen MR) is 75.0 cm³/mol. The standard InChI is InChI=1S/C14H14O4S/c1-3-18-14(16)13(10(2)15)8-11-6-4-5-7-12(11)9-19-17/h4-9H,3H2,1-2H3/b13-8+. The molecule has 1 aromatic rings. The van der Waals surface area contributed by atoms with Gasteiger partial charge in [0, 0.05) is 5.37 Å². The van der Waals surface area contributed by atoms with Gasteiger partial charge < -0.3 is 4.74 Å². The average Bonchev–Trinajstić information content (AvgIpc) is 2.37. The van der Waals surface area contributed by atoms with Crippen LogP contribution < -0.4 is 0 Å². The van der Waals surface area contributed by atoms with Gasteiger partial charge >= 0.3 is 5.97 Å². The quantitative estimate of drug-likeness (QED) is 0.270. The van der Waals surface area contributed by atoms with Crippen LogP contribution in [0.25, 0.3) is 6.08 Å². The highest BCUT2D eigenvalue weighted by molar-refractivity contribution is 7.65. The molecule has 0 aromatic heterocycles. The number of Topliss-reactive ketones (excluding diaryl/α,β-unsaturated/α-hetero) is 1. The van der Waals surface area contributed by atoms with Gasteiger partial charge in [0.1, 0.15) is 5.57 Å². The largest absolute Gasteiger partial charge is 0.462 e. The molecular weight excluding hydrogens is 264 g/mol. The molecule has 0 fully saturated rings. The van der Waals surface area contributed by atoms with Crippen LogP contribution in [0.5, 0.6) is 0 Å². The number of esters is 1. The monoisotopic (exact) mass is 278 g/mol. The molecule has 0 radical (unpaired) electrons. The third kappa shape index (κ3) is 4.30. The highest BCUT2D eigenvalue weighted by atomic mass is 32.1. The Balaban J connectivity index is 3.26. The van der Waals surface area contributed by atoms with Crippen molar-refractivity contribution >= 4 is 34.5 Å². The second-order valence-electron chi connectivity index (χ2n) is 3.68. The third-order valence-electron chi connectivity index (χ3n) is 2.35. The van der Waals surface area contributed by atoms with Crippen molar-refractivity contribution in [3.05, 3.63) is 41.0 Å². The van der Waals surface area contributed by atoms with Crippen LogP contribution in [0, 0.1) is 0 Å². The van der Waals surface area contributed by atoms with Crippen LogP contribution in [0.4, 0.5) is 0 Å². The Labute approximate surface area is 115 Å². The van der Waals surface area contributed by atoms with Crippen molar-refractivity contribution in [2.75, 3.05) is 6.61 Å². The van der Waals surface area contributed by atoms with Crippen LogP contribution in [0.3, 0.4) is 0 Å². The fourth-order valence-electron chi connectivity index (χ4n) is 1.47. The smallest absolute Gasteiger partial charge is 0.341 e. The molecular formula is C14H14O4S. The highest BCUT2D eigenvalue weighted by Crippen LogP contribution is 2.13. The summed E-state index contributed by atoms with van der Waals surface area (Å²) < 4.78 is 15.4. The zero-order valence-corrected chi connectivity index (χ0v) is 11.5. The zero-order chi connectivity index (χ0) is 14.3. The van der Waals surface area contributed by atoms with Crippen molar-refractivity contribution in [2.24, 2.45) is 0 Å². The minimum Gasteiger partial charge on any atom is -0.462 e. The zero-order valence-electron chi connectivity index (χ0n) is 10.7. The SMILES string of the molecule is CCOC(=O)/C(=C/c1ccccc1C=S=O)C(C)=O. The van der Waals surface area contributed by atoms with Crippen LogP contribution in [0.15, 0.2) is 29.8 Å². The van der Waals surface area contributed by atoms with Crippen LogP contribution in [-0.4, -0.2) is 27.9 Å². The summed E-state index contributed by atoms with van der Waals surface area (Å²) >= 11 is 0.318. The summed E-state index contributed by atoms with van der Waals surface area (Å²) in [5.41, 5.74) is 1.26. The van der Waals surface area contributed by atoms with E-state index in [0.717, 1.165) is 0 Å². The molecule has 0 bridgehead atoms. The minimum absolute atomic E-state index is 0.0291. The van der Waals surface area contributed by atoms with Gasteiger partial charge in [-0.2, -0.15) is 0 Å². The number of rotatable bonds is 5. The molecule has 1 rings (SSSR count). The van der Waals surface area contributed by atoms with Gasteiger partial charge in [-0.3, -0.25) is 4.79 Å². The molecule has 0 saturated heterocycles. The summed E-state index contributed by atoms with van der Waals surface area (Å²) in [7, 11) is 0. The first-order chi connectivity index (χ1) is 9.10. The van der Waals surface area contributed by atoms with E-state index in [-0.39, 0.29) is 18.0 Å². The lowest BCUT2D eigenvalue weighted by atomic mass is 10.0. The molecule has 0 amide bonds. The van der Waals surface area contributed by atoms with Crippen molar-refractivity contribution in [1.82, 2.24) is 0 Å². The molecule has 100 valence electrons. The van der Waals surface area contributed by atoms with E-state index in [0.29, 0.717) is 22.4 Å². The first-order valence-electron chi connectivity index (χ1n) is 5.70. The Morgan fingerprint density at radius 1 is 1.26 bits per heavy atom. The van der Waals surface area contributed by atoms with E-state index in [9.17, 15) is 13.8 Å². The Morgan fingerprint density at radius 3 is 2.42 bits per heavy atom. The van der Waals surface area contributed by atoms with Gasteiger partial charge in [0.2, 0.25) is 0 Å². The van der Waals surface area contributed by atoms with Crippen molar-refractivity contribution in [1.29, 1.82) is 0 Å². The minimum atomic E-state index is -0.653. The maximum Gasteiger partial charge on any atom is 0.341 e. The number of benzene rings is 1. The molecule has 0 atom stereocenters. The first kappa shape index (κ1) is 15.0. The number of hydrogen-bond acceptors (Lipinski definition) is 4. The van der Waals surface area contributed by atoms with Gasteiger partial charge in [-0.15, -0.1) is 0 Å². The maximum atomic E-state index is 11.7. The van der Waals surface area contributed by atoms with E-state index < -0.39 is 5.97 Å². The number of carbonyl (C=O) groups is 2. The Bertz CT molecular complexity index is 569. The van der Waals surface area contributed by atoms with Gasteiger partial charge in [-0.1, -0.05) is 24.3 Å².